The summed E-state index contributed by atoms with van der Waals surface area (Å²) in [6, 6.07) is 11.6. The zero-order valence-electron chi connectivity index (χ0n) is 16.7. The molecule has 1 atom stereocenters. The van der Waals surface area contributed by atoms with Gasteiger partial charge in [0.25, 0.3) is 0 Å². The van der Waals surface area contributed by atoms with Crippen LogP contribution in [-0.2, 0) is 10.3 Å². The molecule has 6 nitrogen and oxygen atoms in total. The molecule has 0 spiro atoms. The number of imide groups is 1. The zero-order valence-corrected chi connectivity index (χ0v) is 16.7. The number of halogens is 2. The summed E-state index contributed by atoms with van der Waals surface area (Å²) in [5, 5.41) is 3.61. The third-order valence-corrected chi connectivity index (χ3v) is 5.30. The number of urea groups is 1. The van der Waals surface area contributed by atoms with Crippen LogP contribution in [0.25, 0.3) is 0 Å². The van der Waals surface area contributed by atoms with Gasteiger partial charge >= 0.3 is 6.03 Å². The molecule has 156 valence electrons. The first-order chi connectivity index (χ1) is 14.8. The number of hydrogen-bond donors (Lipinski definition) is 0. The number of carbonyl (C=O) groups excluding carboxylic acids is 2. The van der Waals surface area contributed by atoms with E-state index in [0.717, 1.165) is 12.1 Å². The van der Waals surface area contributed by atoms with Crippen LogP contribution >= 0.6 is 0 Å². The number of nitrogens with zero attached hydrogens (tertiary/aromatic N) is 3. The molecular weight excluding hydrogens is 404 g/mol. The number of amides is 3. The molecule has 8 heteroatoms. The second kappa shape index (κ2) is 7.69. The quantitative estimate of drug-likeness (QED) is 0.586. The highest BCUT2D eigenvalue weighted by atomic mass is 19.1. The molecular formula is C23H17F2N3O3. The van der Waals surface area contributed by atoms with Gasteiger partial charge in [-0.2, -0.15) is 0 Å². The molecule has 2 aromatic carbocycles. The summed E-state index contributed by atoms with van der Waals surface area (Å²) in [5.41, 5.74) is -1.09. The first kappa shape index (κ1) is 20.3. The highest BCUT2D eigenvalue weighted by molar-refractivity contribution is 6.16. The zero-order chi connectivity index (χ0) is 22.2. The summed E-state index contributed by atoms with van der Waals surface area (Å²) in [6.07, 6.45) is 1.16. The lowest BCUT2D eigenvalue weighted by molar-refractivity contribution is -0.122. The Labute approximate surface area is 177 Å². The van der Waals surface area contributed by atoms with E-state index in [9.17, 15) is 18.4 Å². The smallest absolute Gasteiger partial charge is 0.332 e. The summed E-state index contributed by atoms with van der Waals surface area (Å²) in [5.74, 6) is 2.91. The van der Waals surface area contributed by atoms with Gasteiger partial charge in [0, 0.05) is 24.2 Å². The molecule has 0 saturated carbocycles. The van der Waals surface area contributed by atoms with Gasteiger partial charge in [0.05, 0.1) is 12.6 Å². The van der Waals surface area contributed by atoms with E-state index in [2.05, 4.69) is 17.0 Å². The fourth-order valence-electron chi connectivity index (χ4n) is 3.44. The van der Waals surface area contributed by atoms with Crippen LogP contribution in [0.4, 0.5) is 19.3 Å². The van der Waals surface area contributed by atoms with Crippen LogP contribution in [0.5, 0.6) is 0 Å². The Morgan fingerprint density at radius 2 is 1.68 bits per heavy atom. The molecule has 2 heterocycles. The van der Waals surface area contributed by atoms with Crippen molar-refractivity contribution in [3.05, 3.63) is 83.2 Å². The van der Waals surface area contributed by atoms with Crippen LogP contribution in [-0.4, -0.2) is 29.0 Å². The van der Waals surface area contributed by atoms with Crippen LogP contribution in [0.1, 0.15) is 30.2 Å². The van der Waals surface area contributed by atoms with E-state index in [-0.39, 0.29) is 12.0 Å². The second-order valence-corrected chi connectivity index (χ2v) is 7.30. The van der Waals surface area contributed by atoms with E-state index in [0.29, 0.717) is 16.2 Å². The van der Waals surface area contributed by atoms with E-state index >= 15 is 0 Å². The molecule has 1 aliphatic rings. The van der Waals surface area contributed by atoms with E-state index in [1.54, 1.807) is 31.2 Å². The Kier molecular flexibility index (Phi) is 5.03. The summed E-state index contributed by atoms with van der Waals surface area (Å²) in [7, 11) is 1.43. The molecule has 1 aromatic heterocycles. The maximum Gasteiger partial charge on any atom is 0.332 e. The van der Waals surface area contributed by atoms with Crippen LogP contribution in [0, 0.1) is 23.5 Å². The summed E-state index contributed by atoms with van der Waals surface area (Å²) < 4.78 is 34.9. The molecule has 0 radical (unpaired) electrons. The number of anilines is 1. The summed E-state index contributed by atoms with van der Waals surface area (Å²) in [4.78, 5) is 27.5. The fraction of sp³-hybridized carbons (Fsp3) is 0.174. The number of hydrogen-bond acceptors (Lipinski definition) is 4. The lowest BCUT2D eigenvalue weighted by Gasteiger charge is -2.43. The predicted molar refractivity (Wildman–Crippen MR) is 108 cm³/mol. The van der Waals surface area contributed by atoms with E-state index in [4.69, 9.17) is 4.52 Å². The van der Waals surface area contributed by atoms with Crippen LogP contribution in [0.15, 0.2) is 59.3 Å². The molecule has 0 bridgehead atoms. The average Bonchev–Trinajstić information content (AvgIpc) is 3.29. The largest absolute Gasteiger partial charge is 0.359 e. The summed E-state index contributed by atoms with van der Waals surface area (Å²) in [6.45, 7) is 1.62. The van der Waals surface area contributed by atoms with Gasteiger partial charge in [-0.3, -0.25) is 4.79 Å². The SMILES string of the molecule is CN1C(=O)N(c2c(F)cc(C#Cc3ccccc3)cc2F)C(=O)C[C@@]1(C)c1ccno1. The van der Waals surface area contributed by atoms with Crippen LogP contribution in [0.3, 0.4) is 0 Å². The Morgan fingerprint density at radius 1 is 1.03 bits per heavy atom. The third-order valence-electron chi connectivity index (χ3n) is 5.30. The van der Waals surface area contributed by atoms with Gasteiger partial charge in [-0.15, -0.1) is 0 Å². The number of aromatic nitrogens is 1. The fourth-order valence-corrected chi connectivity index (χ4v) is 3.44. The Morgan fingerprint density at radius 3 is 2.29 bits per heavy atom. The lowest BCUT2D eigenvalue weighted by Crippen LogP contribution is -2.60. The van der Waals surface area contributed by atoms with Crippen molar-refractivity contribution in [2.45, 2.75) is 18.9 Å². The van der Waals surface area contributed by atoms with Crippen molar-refractivity contribution >= 4 is 17.6 Å². The maximum absolute atomic E-state index is 14.9. The lowest BCUT2D eigenvalue weighted by atomic mass is 9.90. The predicted octanol–water partition coefficient (Wildman–Crippen LogP) is 4.06. The van der Waals surface area contributed by atoms with Crippen molar-refractivity contribution in [2.24, 2.45) is 0 Å². The minimum absolute atomic E-state index is 0.0827. The van der Waals surface area contributed by atoms with E-state index < -0.39 is 34.8 Å². The van der Waals surface area contributed by atoms with E-state index in [1.165, 1.54) is 24.2 Å². The highest BCUT2D eigenvalue weighted by Gasteiger charge is 2.49. The first-order valence-electron chi connectivity index (χ1n) is 9.39. The normalized spacial score (nSPS) is 18.7. The minimum atomic E-state index is -1.13. The highest BCUT2D eigenvalue weighted by Crippen LogP contribution is 2.38. The standard InChI is InChI=1S/C23H17F2N3O3/c1-23(19-10-11-26-31-19)14-20(29)28(22(30)27(23)2)21-17(24)12-16(13-18(21)25)9-8-15-6-4-3-5-7-15/h3-7,10-13H,14H2,1-2H3/t23-/m0/s1. The number of carbonyl (C=O) groups is 2. The monoisotopic (exact) mass is 421 g/mol. The molecule has 1 fully saturated rings. The van der Waals surface area contributed by atoms with Gasteiger partial charge in [0.2, 0.25) is 5.91 Å². The van der Waals surface area contributed by atoms with Gasteiger partial charge in [-0.25, -0.2) is 18.5 Å². The Hall–Kier alpha value is -3.99. The molecule has 3 aromatic rings. The van der Waals surface area contributed by atoms with Gasteiger partial charge in [0.1, 0.15) is 11.2 Å². The van der Waals surface area contributed by atoms with Crippen molar-refractivity contribution in [1.29, 1.82) is 0 Å². The van der Waals surface area contributed by atoms with Crippen molar-refractivity contribution in [2.75, 3.05) is 11.9 Å². The Balaban J connectivity index is 1.68. The average molecular weight is 421 g/mol. The second-order valence-electron chi connectivity index (χ2n) is 7.30. The third kappa shape index (κ3) is 3.55. The van der Waals surface area contributed by atoms with Crippen molar-refractivity contribution in [3.8, 4) is 11.8 Å². The Bertz CT molecular complexity index is 1190. The van der Waals surface area contributed by atoms with Crippen molar-refractivity contribution < 1.29 is 22.9 Å². The molecule has 4 rings (SSSR count). The molecule has 0 unspecified atom stereocenters. The van der Waals surface area contributed by atoms with Gasteiger partial charge in [-0.05, 0) is 31.2 Å². The topological polar surface area (TPSA) is 66.7 Å². The minimum Gasteiger partial charge on any atom is -0.359 e. The van der Waals surface area contributed by atoms with Crippen LogP contribution < -0.4 is 4.90 Å². The van der Waals surface area contributed by atoms with Gasteiger partial charge in [-0.1, -0.05) is 35.2 Å². The maximum atomic E-state index is 14.9. The molecule has 0 aliphatic carbocycles. The van der Waals surface area contributed by atoms with Crippen molar-refractivity contribution in [1.82, 2.24) is 10.1 Å². The molecule has 0 N–H and O–H groups in total. The number of rotatable bonds is 2. The van der Waals surface area contributed by atoms with Gasteiger partial charge in [0.15, 0.2) is 17.4 Å². The molecule has 1 aliphatic heterocycles. The van der Waals surface area contributed by atoms with E-state index in [1.807, 2.05) is 6.07 Å². The molecule has 3 amide bonds. The first-order valence-corrected chi connectivity index (χ1v) is 9.39. The van der Waals surface area contributed by atoms with Gasteiger partial charge < -0.3 is 9.42 Å². The van der Waals surface area contributed by atoms with Crippen molar-refractivity contribution in [3.63, 3.8) is 0 Å². The molecule has 1 saturated heterocycles. The summed E-state index contributed by atoms with van der Waals surface area (Å²) >= 11 is 0. The molecule has 31 heavy (non-hydrogen) atoms. The van der Waals surface area contributed by atoms with Crippen LogP contribution in [0.2, 0.25) is 0 Å². The number of benzene rings is 2.